The second-order valence-corrected chi connectivity index (χ2v) is 4.49. The van der Waals surface area contributed by atoms with Gasteiger partial charge in [-0.2, -0.15) is 0 Å². The molecule has 0 aliphatic heterocycles. The number of carbonyl (C=O) groups excluding carboxylic acids is 2. The van der Waals surface area contributed by atoms with Gasteiger partial charge in [-0.05, 0) is 37.1 Å². The molecule has 1 amide bonds. The molecule has 0 unspecified atom stereocenters. The van der Waals surface area contributed by atoms with Crippen LogP contribution in [0.25, 0.3) is 0 Å². The fraction of sp³-hybridized carbons (Fsp3) is 0.385. The minimum atomic E-state index is -0.391. The standard InChI is InChI=1S/C13H16N2O3/c1-18-13(17)8-2-4-11(5-3-8)15-12(16)9-6-10(14)7-9/h2-5,9-10H,6-7,14H2,1H3,(H,15,16). The van der Waals surface area contributed by atoms with Crippen LogP contribution >= 0.6 is 0 Å². The Morgan fingerprint density at radius 2 is 1.89 bits per heavy atom. The van der Waals surface area contributed by atoms with Gasteiger partial charge in [0.15, 0.2) is 0 Å². The summed E-state index contributed by atoms with van der Waals surface area (Å²) in [7, 11) is 1.33. The van der Waals surface area contributed by atoms with Crippen LogP contribution in [0.3, 0.4) is 0 Å². The third-order valence-electron chi connectivity index (χ3n) is 3.12. The van der Waals surface area contributed by atoms with E-state index in [9.17, 15) is 9.59 Å². The predicted octanol–water partition coefficient (Wildman–Crippen LogP) is 1.15. The third kappa shape index (κ3) is 2.68. The number of carbonyl (C=O) groups is 2. The summed E-state index contributed by atoms with van der Waals surface area (Å²) in [6.45, 7) is 0. The first kappa shape index (κ1) is 12.6. The van der Waals surface area contributed by atoms with Gasteiger partial charge in [-0.3, -0.25) is 4.79 Å². The molecule has 96 valence electrons. The van der Waals surface area contributed by atoms with Gasteiger partial charge in [-0.25, -0.2) is 4.79 Å². The lowest BCUT2D eigenvalue weighted by Crippen LogP contribution is -2.42. The van der Waals surface area contributed by atoms with Crippen LogP contribution in [-0.2, 0) is 9.53 Å². The van der Waals surface area contributed by atoms with Crippen molar-refractivity contribution in [1.82, 2.24) is 0 Å². The molecular weight excluding hydrogens is 232 g/mol. The zero-order chi connectivity index (χ0) is 13.1. The maximum atomic E-state index is 11.8. The van der Waals surface area contributed by atoms with E-state index in [1.165, 1.54) is 7.11 Å². The first-order valence-corrected chi connectivity index (χ1v) is 5.85. The van der Waals surface area contributed by atoms with Crippen LogP contribution in [-0.4, -0.2) is 25.0 Å². The van der Waals surface area contributed by atoms with Crippen molar-refractivity contribution in [2.24, 2.45) is 11.7 Å². The number of benzene rings is 1. The average molecular weight is 248 g/mol. The lowest BCUT2D eigenvalue weighted by Gasteiger charge is -2.31. The van der Waals surface area contributed by atoms with E-state index in [-0.39, 0.29) is 17.9 Å². The summed E-state index contributed by atoms with van der Waals surface area (Å²) in [5, 5.41) is 2.80. The Kier molecular flexibility index (Phi) is 3.62. The molecule has 3 N–H and O–H groups in total. The monoisotopic (exact) mass is 248 g/mol. The van der Waals surface area contributed by atoms with E-state index in [1.807, 2.05) is 0 Å². The number of esters is 1. The predicted molar refractivity (Wildman–Crippen MR) is 67.1 cm³/mol. The van der Waals surface area contributed by atoms with E-state index < -0.39 is 5.97 Å². The van der Waals surface area contributed by atoms with Gasteiger partial charge in [-0.15, -0.1) is 0 Å². The van der Waals surface area contributed by atoms with Gasteiger partial charge in [-0.1, -0.05) is 0 Å². The number of hydrogen-bond acceptors (Lipinski definition) is 4. The fourth-order valence-electron chi connectivity index (χ4n) is 1.93. The Morgan fingerprint density at radius 3 is 2.39 bits per heavy atom. The second-order valence-electron chi connectivity index (χ2n) is 4.49. The van der Waals surface area contributed by atoms with Crippen molar-refractivity contribution in [2.45, 2.75) is 18.9 Å². The first-order valence-electron chi connectivity index (χ1n) is 5.85. The Hall–Kier alpha value is -1.88. The highest BCUT2D eigenvalue weighted by molar-refractivity contribution is 5.94. The molecule has 0 bridgehead atoms. The smallest absolute Gasteiger partial charge is 0.337 e. The summed E-state index contributed by atoms with van der Waals surface area (Å²) in [5.74, 6) is -0.388. The number of nitrogens with two attached hydrogens (primary N) is 1. The highest BCUT2D eigenvalue weighted by Gasteiger charge is 2.31. The van der Waals surface area contributed by atoms with E-state index in [1.54, 1.807) is 24.3 Å². The van der Waals surface area contributed by atoms with Gasteiger partial charge in [0.1, 0.15) is 0 Å². The molecule has 0 radical (unpaired) electrons. The van der Waals surface area contributed by atoms with Gasteiger partial charge in [0, 0.05) is 17.6 Å². The van der Waals surface area contributed by atoms with Crippen LogP contribution in [0.1, 0.15) is 23.2 Å². The molecule has 2 rings (SSSR count). The van der Waals surface area contributed by atoms with Crippen LogP contribution in [0.15, 0.2) is 24.3 Å². The first-order chi connectivity index (χ1) is 8.60. The zero-order valence-electron chi connectivity index (χ0n) is 10.2. The molecule has 0 heterocycles. The molecular formula is C13H16N2O3. The van der Waals surface area contributed by atoms with Crippen LogP contribution in [0.5, 0.6) is 0 Å². The number of methoxy groups -OCH3 is 1. The fourth-order valence-corrected chi connectivity index (χ4v) is 1.93. The van der Waals surface area contributed by atoms with Gasteiger partial charge >= 0.3 is 5.97 Å². The molecule has 18 heavy (non-hydrogen) atoms. The molecule has 5 heteroatoms. The van der Waals surface area contributed by atoms with Gasteiger partial charge in [0.2, 0.25) is 5.91 Å². The molecule has 0 saturated heterocycles. The van der Waals surface area contributed by atoms with Crippen molar-refractivity contribution in [3.63, 3.8) is 0 Å². The van der Waals surface area contributed by atoms with Crippen LogP contribution in [0, 0.1) is 5.92 Å². The molecule has 1 aliphatic carbocycles. The zero-order valence-corrected chi connectivity index (χ0v) is 10.2. The molecule has 1 aromatic carbocycles. The van der Waals surface area contributed by atoms with E-state index in [0.717, 1.165) is 12.8 Å². The Labute approximate surface area is 105 Å². The summed E-state index contributed by atoms with van der Waals surface area (Å²) >= 11 is 0. The number of rotatable bonds is 3. The quantitative estimate of drug-likeness (QED) is 0.786. The summed E-state index contributed by atoms with van der Waals surface area (Å²) in [5.41, 5.74) is 6.77. The minimum Gasteiger partial charge on any atom is -0.465 e. The number of nitrogens with one attached hydrogen (secondary N) is 1. The van der Waals surface area contributed by atoms with Crippen molar-refractivity contribution < 1.29 is 14.3 Å². The van der Waals surface area contributed by atoms with Crippen molar-refractivity contribution in [2.75, 3.05) is 12.4 Å². The summed E-state index contributed by atoms with van der Waals surface area (Å²) in [6.07, 6.45) is 1.48. The second kappa shape index (κ2) is 5.18. The molecule has 0 atom stereocenters. The van der Waals surface area contributed by atoms with Crippen molar-refractivity contribution >= 4 is 17.6 Å². The molecule has 1 aromatic rings. The largest absolute Gasteiger partial charge is 0.465 e. The number of anilines is 1. The number of amides is 1. The summed E-state index contributed by atoms with van der Waals surface area (Å²) < 4.78 is 4.59. The Morgan fingerprint density at radius 1 is 1.28 bits per heavy atom. The van der Waals surface area contributed by atoms with Crippen molar-refractivity contribution in [3.8, 4) is 0 Å². The molecule has 1 fully saturated rings. The highest BCUT2D eigenvalue weighted by Crippen LogP contribution is 2.26. The van der Waals surface area contributed by atoms with Gasteiger partial charge in [0.05, 0.1) is 12.7 Å². The average Bonchev–Trinajstić information content (AvgIpc) is 2.35. The molecule has 5 nitrogen and oxygen atoms in total. The van der Waals surface area contributed by atoms with E-state index in [0.29, 0.717) is 11.3 Å². The lowest BCUT2D eigenvalue weighted by molar-refractivity contribution is -0.122. The highest BCUT2D eigenvalue weighted by atomic mass is 16.5. The van der Waals surface area contributed by atoms with E-state index >= 15 is 0 Å². The minimum absolute atomic E-state index is 0.0116. The molecule has 0 aromatic heterocycles. The number of ether oxygens (including phenoxy) is 1. The van der Waals surface area contributed by atoms with Crippen molar-refractivity contribution in [3.05, 3.63) is 29.8 Å². The number of hydrogen-bond donors (Lipinski definition) is 2. The van der Waals surface area contributed by atoms with Crippen LogP contribution in [0.4, 0.5) is 5.69 Å². The summed E-state index contributed by atoms with van der Waals surface area (Å²) in [4.78, 5) is 23.0. The van der Waals surface area contributed by atoms with Crippen LogP contribution < -0.4 is 11.1 Å². The molecule has 1 aliphatic rings. The normalized spacial score (nSPS) is 21.9. The van der Waals surface area contributed by atoms with E-state index in [2.05, 4.69) is 10.1 Å². The maximum absolute atomic E-state index is 11.8. The topological polar surface area (TPSA) is 81.4 Å². The lowest BCUT2D eigenvalue weighted by atomic mass is 9.80. The van der Waals surface area contributed by atoms with E-state index in [4.69, 9.17) is 5.73 Å². The third-order valence-corrected chi connectivity index (χ3v) is 3.12. The summed E-state index contributed by atoms with van der Waals surface area (Å²) in [6, 6.07) is 6.76. The Balaban J connectivity index is 1.94. The molecule has 0 spiro atoms. The van der Waals surface area contributed by atoms with Gasteiger partial charge in [0.25, 0.3) is 0 Å². The van der Waals surface area contributed by atoms with Gasteiger partial charge < -0.3 is 15.8 Å². The van der Waals surface area contributed by atoms with Crippen molar-refractivity contribution in [1.29, 1.82) is 0 Å². The maximum Gasteiger partial charge on any atom is 0.337 e. The SMILES string of the molecule is COC(=O)c1ccc(NC(=O)C2CC(N)C2)cc1. The Bertz CT molecular complexity index is 450. The molecule has 1 saturated carbocycles. The van der Waals surface area contributed by atoms with Crippen LogP contribution in [0.2, 0.25) is 0 Å².